The van der Waals surface area contributed by atoms with Crippen LogP contribution in [0.3, 0.4) is 0 Å². The maximum atomic E-state index is 8.91. The molecule has 0 amide bonds. The maximum absolute atomic E-state index is 8.91. The van der Waals surface area contributed by atoms with Crippen LogP contribution in [-0.2, 0) is 0 Å². The van der Waals surface area contributed by atoms with Crippen LogP contribution >= 0.6 is 0 Å². The van der Waals surface area contributed by atoms with E-state index in [2.05, 4.69) is 5.16 Å². The van der Waals surface area contributed by atoms with E-state index >= 15 is 0 Å². The fraction of sp³-hybridized carbons (Fsp3) is 0.929. The van der Waals surface area contributed by atoms with Crippen LogP contribution in [0.4, 0.5) is 0 Å². The molecule has 1 aliphatic heterocycles. The van der Waals surface area contributed by atoms with Crippen molar-refractivity contribution >= 4 is 5.71 Å². The zero-order valence-electron chi connectivity index (χ0n) is 10.7. The molecule has 0 bridgehead atoms. The zero-order valence-corrected chi connectivity index (χ0v) is 10.7. The maximum Gasteiger partial charge on any atom is 0.0874 e. The molecule has 17 heavy (non-hydrogen) atoms. The van der Waals surface area contributed by atoms with E-state index in [1.165, 1.54) is 51.6 Å². The second-order valence-electron chi connectivity index (χ2n) is 6.33. The lowest BCUT2D eigenvalue weighted by Crippen LogP contribution is -3.14. The van der Waals surface area contributed by atoms with Crippen LogP contribution < -0.4 is 4.90 Å². The lowest BCUT2D eigenvalue weighted by Gasteiger charge is -2.28. The van der Waals surface area contributed by atoms with Gasteiger partial charge in [-0.1, -0.05) is 11.6 Å². The van der Waals surface area contributed by atoms with Crippen LogP contribution in [0.1, 0.15) is 51.4 Å². The number of hydrogen-bond acceptors (Lipinski definition) is 2. The molecule has 3 heteroatoms. The van der Waals surface area contributed by atoms with Gasteiger partial charge in [-0.3, -0.25) is 0 Å². The molecule has 3 fully saturated rings. The Bertz CT molecular complexity index is 297. The van der Waals surface area contributed by atoms with E-state index in [0.717, 1.165) is 36.4 Å². The van der Waals surface area contributed by atoms with E-state index in [4.69, 9.17) is 5.21 Å². The highest BCUT2D eigenvalue weighted by molar-refractivity contribution is 5.84. The molecule has 1 saturated heterocycles. The summed E-state index contributed by atoms with van der Waals surface area (Å²) < 4.78 is 0. The summed E-state index contributed by atoms with van der Waals surface area (Å²) in [4.78, 5) is 1.87. The van der Waals surface area contributed by atoms with Crippen molar-refractivity contribution in [2.24, 2.45) is 17.0 Å². The summed E-state index contributed by atoms with van der Waals surface area (Å²) in [5.74, 6) is 1.73. The van der Waals surface area contributed by atoms with Crippen LogP contribution in [0.5, 0.6) is 0 Å². The van der Waals surface area contributed by atoms with Crippen LogP contribution in [0.2, 0.25) is 0 Å². The van der Waals surface area contributed by atoms with Crippen molar-refractivity contribution in [1.82, 2.24) is 0 Å². The predicted molar refractivity (Wildman–Crippen MR) is 67.6 cm³/mol. The third-order valence-electron chi connectivity index (χ3n) is 5.34. The highest BCUT2D eigenvalue weighted by atomic mass is 16.4. The summed E-state index contributed by atoms with van der Waals surface area (Å²) in [7, 11) is 0. The molecule has 96 valence electrons. The first-order valence-corrected chi connectivity index (χ1v) is 7.41. The SMILES string of the molecule is O/N=C1\CC[C@@H]2C[NH+](C3CCCCC3)C[C@@H]2C1. The van der Waals surface area contributed by atoms with Gasteiger partial charge in [0.2, 0.25) is 0 Å². The van der Waals surface area contributed by atoms with Gasteiger partial charge in [-0.2, -0.15) is 0 Å². The fourth-order valence-electron chi connectivity index (χ4n) is 4.36. The molecule has 2 N–H and O–H groups in total. The lowest BCUT2D eigenvalue weighted by molar-refractivity contribution is -0.917. The zero-order chi connectivity index (χ0) is 11.7. The molecular formula is C14H25N2O+. The van der Waals surface area contributed by atoms with Crippen LogP contribution in [0.15, 0.2) is 5.16 Å². The predicted octanol–water partition coefficient (Wildman–Crippen LogP) is 1.46. The number of nitrogens with one attached hydrogen (secondary N) is 1. The second kappa shape index (κ2) is 4.97. The number of quaternary nitrogens is 1. The molecule has 3 atom stereocenters. The fourth-order valence-corrected chi connectivity index (χ4v) is 4.36. The van der Waals surface area contributed by atoms with Crippen LogP contribution in [0.25, 0.3) is 0 Å². The third kappa shape index (κ3) is 2.35. The van der Waals surface area contributed by atoms with Gasteiger partial charge >= 0.3 is 0 Å². The van der Waals surface area contributed by atoms with E-state index in [1.54, 1.807) is 0 Å². The van der Waals surface area contributed by atoms with Crippen molar-refractivity contribution in [3.05, 3.63) is 0 Å². The number of nitrogens with zero attached hydrogens (tertiary/aromatic N) is 1. The minimum Gasteiger partial charge on any atom is -0.411 e. The Hall–Kier alpha value is -0.570. The molecule has 0 spiro atoms. The Balaban J connectivity index is 1.60. The molecule has 0 aromatic heterocycles. The van der Waals surface area contributed by atoms with E-state index in [0.29, 0.717) is 0 Å². The largest absolute Gasteiger partial charge is 0.411 e. The second-order valence-corrected chi connectivity index (χ2v) is 6.33. The summed E-state index contributed by atoms with van der Waals surface area (Å²) in [5, 5.41) is 12.4. The Morgan fingerprint density at radius 2 is 1.76 bits per heavy atom. The van der Waals surface area contributed by atoms with Crippen molar-refractivity contribution in [3.8, 4) is 0 Å². The molecule has 2 saturated carbocycles. The normalized spacial score (nSPS) is 41.6. The Labute approximate surface area is 104 Å². The van der Waals surface area contributed by atoms with Crippen molar-refractivity contribution in [2.45, 2.75) is 57.4 Å². The Kier molecular flexibility index (Phi) is 3.37. The Morgan fingerprint density at radius 1 is 1.00 bits per heavy atom. The third-order valence-corrected chi connectivity index (χ3v) is 5.34. The number of fused-ring (bicyclic) bond motifs is 1. The first-order chi connectivity index (χ1) is 8.36. The van der Waals surface area contributed by atoms with Gasteiger partial charge in [-0.15, -0.1) is 0 Å². The van der Waals surface area contributed by atoms with Crippen LogP contribution in [-0.4, -0.2) is 30.1 Å². The molecule has 3 rings (SSSR count). The van der Waals surface area contributed by atoms with Gasteiger partial charge in [-0.25, -0.2) is 0 Å². The number of oxime groups is 1. The van der Waals surface area contributed by atoms with Gasteiger partial charge in [0.25, 0.3) is 0 Å². The molecule has 2 aliphatic carbocycles. The van der Waals surface area contributed by atoms with Gasteiger partial charge in [0.05, 0.1) is 24.8 Å². The average molecular weight is 237 g/mol. The minimum atomic E-state index is 0.812. The molecule has 1 heterocycles. The Morgan fingerprint density at radius 3 is 2.53 bits per heavy atom. The van der Waals surface area contributed by atoms with E-state index < -0.39 is 0 Å². The summed E-state index contributed by atoms with van der Waals surface area (Å²) in [5.41, 5.74) is 1.05. The van der Waals surface area contributed by atoms with Gasteiger partial charge in [0.1, 0.15) is 0 Å². The number of hydrogen-bond donors (Lipinski definition) is 2. The van der Waals surface area contributed by atoms with Crippen molar-refractivity contribution < 1.29 is 10.1 Å². The van der Waals surface area contributed by atoms with Gasteiger partial charge in [0.15, 0.2) is 0 Å². The van der Waals surface area contributed by atoms with Crippen molar-refractivity contribution in [1.29, 1.82) is 0 Å². The summed E-state index contributed by atoms with van der Waals surface area (Å²) in [6.45, 7) is 2.74. The summed E-state index contributed by atoms with van der Waals surface area (Å²) in [6.07, 6.45) is 10.6. The van der Waals surface area contributed by atoms with Gasteiger partial charge in [0, 0.05) is 11.8 Å². The van der Waals surface area contributed by atoms with Crippen LogP contribution in [0, 0.1) is 11.8 Å². The highest BCUT2D eigenvalue weighted by Crippen LogP contribution is 2.30. The molecule has 0 aromatic carbocycles. The molecular weight excluding hydrogens is 212 g/mol. The first kappa shape index (κ1) is 11.5. The molecule has 3 aliphatic rings. The monoisotopic (exact) mass is 237 g/mol. The van der Waals surface area contributed by atoms with E-state index in [9.17, 15) is 0 Å². The quantitative estimate of drug-likeness (QED) is 0.526. The molecule has 3 nitrogen and oxygen atoms in total. The molecule has 0 radical (unpaired) electrons. The molecule has 1 unspecified atom stereocenters. The summed E-state index contributed by atoms with van der Waals surface area (Å²) in [6, 6.07) is 0.948. The number of likely N-dealkylation sites (tertiary alicyclic amines) is 1. The highest BCUT2D eigenvalue weighted by Gasteiger charge is 2.42. The van der Waals surface area contributed by atoms with Gasteiger partial charge < -0.3 is 10.1 Å². The minimum absolute atomic E-state index is 0.812. The first-order valence-electron chi connectivity index (χ1n) is 7.41. The topological polar surface area (TPSA) is 37.0 Å². The van der Waals surface area contributed by atoms with Crippen molar-refractivity contribution in [2.75, 3.05) is 13.1 Å². The molecule has 0 aromatic rings. The standard InChI is InChI=1S/C14H24N2O/c17-15-13-7-6-11-9-16(10-12(11)8-13)14-4-2-1-3-5-14/h11-12,14,17H,1-10H2/p+1/b15-13+/t11-,12+/m1/s1. The lowest BCUT2D eigenvalue weighted by atomic mass is 9.81. The van der Waals surface area contributed by atoms with E-state index in [-0.39, 0.29) is 0 Å². The summed E-state index contributed by atoms with van der Waals surface area (Å²) >= 11 is 0. The van der Waals surface area contributed by atoms with Gasteiger partial charge in [-0.05, 0) is 44.9 Å². The van der Waals surface area contributed by atoms with E-state index in [1.807, 2.05) is 4.90 Å². The average Bonchev–Trinajstić information content (AvgIpc) is 2.82. The number of rotatable bonds is 1. The van der Waals surface area contributed by atoms with Crippen molar-refractivity contribution in [3.63, 3.8) is 0 Å². The smallest absolute Gasteiger partial charge is 0.0874 e.